The van der Waals surface area contributed by atoms with Crippen LogP contribution in [-0.4, -0.2) is 19.3 Å². The summed E-state index contributed by atoms with van der Waals surface area (Å²) in [5.41, 5.74) is 3.26. The van der Waals surface area contributed by atoms with Gasteiger partial charge in [0.05, 0.1) is 6.10 Å². The van der Waals surface area contributed by atoms with Gasteiger partial charge in [0, 0.05) is 6.42 Å². The van der Waals surface area contributed by atoms with Crippen molar-refractivity contribution >= 4 is 8.07 Å². The van der Waals surface area contributed by atoms with Gasteiger partial charge in [-0.3, -0.25) is 0 Å². The largest absolute Gasteiger partial charge is 0.393 e. The topological polar surface area (TPSA) is 20.2 Å². The summed E-state index contributed by atoms with van der Waals surface area (Å²) in [6.07, 6.45) is 1.44. The first-order valence-electron chi connectivity index (χ1n) is 4.10. The van der Waals surface area contributed by atoms with Gasteiger partial charge in [0.2, 0.25) is 0 Å². The van der Waals surface area contributed by atoms with Crippen LogP contribution in [0.2, 0.25) is 19.6 Å². The first-order chi connectivity index (χ1) is 4.92. The Morgan fingerprint density at radius 2 is 1.91 bits per heavy atom. The van der Waals surface area contributed by atoms with E-state index < -0.39 is 8.07 Å². The molecule has 0 heterocycles. The summed E-state index contributed by atoms with van der Waals surface area (Å²) in [7, 11) is -1.17. The van der Waals surface area contributed by atoms with Crippen LogP contribution in [0.25, 0.3) is 0 Å². The van der Waals surface area contributed by atoms with Gasteiger partial charge in [0.1, 0.15) is 8.07 Å². The molecule has 0 rings (SSSR count). The van der Waals surface area contributed by atoms with E-state index in [1.807, 2.05) is 0 Å². The van der Waals surface area contributed by atoms with Crippen LogP contribution in [-0.2, 0) is 0 Å². The smallest absolute Gasteiger partial charge is 0.129 e. The molecule has 0 aliphatic rings. The average Bonchev–Trinajstić information content (AvgIpc) is 1.78. The lowest BCUT2D eigenvalue weighted by Crippen LogP contribution is -2.16. The minimum Gasteiger partial charge on any atom is -0.393 e. The fourth-order valence-electron chi connectivity index (χ4n) is 0.609. The van der Waals surface area contributed by atoms with Crippen molar-refractivity contribution in [3.63, 3.8) is 0 Å². The SMILES string of the molecule is CC(O)CCC#C[Si](C)(C)C. The Kier molecular flexibility index (Phi) is 4.47. The maximum atomic E-state index is 8.93. The summed E-state index contributed by atoms with van der Waals surface area (Å²) in [5, 5.41) is 8.93. The van der Waals surface area contributed by atoms with Crippen molar-refractivity contribution in [1.29, 1.82) is 0 Å². The predicted octanol–water partition coefficient (Wildman–Crippen LogP) is 2.03. The second-order valence-electron chi connectivity index (χ2n) is 3.94. The van der Waals surface area contributed by atoms with E-state index in [1.165, 1.54) is 0 Å². The molecule has 0 saturated heterocycles. The standard InChI is InChI=1S/C9H18OSi/c1-9(10)7-5-6-8-11(2,3)4/h9-10H,5,7H2,1-4H3. The highest BCUT2D eigenvalue weighted by molar-refractivity contribution is 6.83. The molecule has 0 aromatic rings. The van der Waals surface area contributed by atoms with Gasteiger partial charge in [0.15, 0.2) is 0 Å². The number of aliphatic hydroxyl groups is 1. The maximum Gasteiger partial charge on any atom is 0.129 e. The van der Waals surface area contributed by atoms with Crippen molar-refractivity contribution in [1.82, 2.24) is 0 Å². The highest BCUT2D eigenvalue weighted by Gasteiger charge is 2.06. The molecule has 1 nitrogen and oxygen atoms in total. The van der Waals surface area contributed by atoms with Crippen molar-refractivity contribution in [2.75, 3.05) is 0 Å². The van der Waals surface area contributed by atoms with Gasteiger partial charge < -0.3 is 5.11 Å². The lowest BCUT2D eigenvalue weighted by Gasteiger charge is -2.03. The quantitative estimate of drug-likeness (QED) is 0.496. The monoisotopic (exact) mass is 170 g/mol. The normalized spacial score (nSPS) is 13.5. The molecule has 2 heteroatoms. The van der Waals surface area contributed by atoms with Crippen LogP contribution in [0.1, 0.15) is 19.8 Å². The van der Waals surface area contributed by atoms with E-state index in [1.54, 1.807) is 6.92 Å². The molecule has 0 spiro atoms. The van der Waals surface area contributed by atoms with Crippen molar-refractivity contribution in [3.8, 4) is 11.5 Å². The molecule has 64 valence electrons. The third-order valence-corrected chi connectivity index (χ3v) is 2.08. The van der Waals surface area contributed by atoms with Gasteiger partial charge in [-0.1, -0.05) is 19.6 Å². The lowest BCUT2D eigenvalue weighted by molar-refractivity contribution is 0.186. The Labute approximate surface area is 70.8 Å². The van der Waals surface area contributed by atoms with Crippen molar-refractivity contribution in [2.24, 2.45) is 0 Å². The molecular weight excluding hydrogens is 152 g/mol. The molecule has 11 heavy (non-hydrogen) atoms. The number of aliphatic hydroxyl groups excluding tert-OH is 1. The van der Waals surface area contributed by atoms with Crippen LogP contribution in [0, 0.1) is 11.5 Å². The van der Waals surface area contributed by atoms with Crippen LogP contribution in [0.4, 0.5) is 0 Å². The Morgan fingerprint density at radius 3 is 2.27 bits per heavy atom. The van der Waals surface area contributed by atoms with Gasteiger partial charge in [-0.25, -0.2) is 0 Å². The number of hydrogen-bond donors (Lipinski definition) is 1. The third-order valence-electron chi connectivity index (χ3n) is 1.15. The molecule has 0 aromatic heterocycles. The number of rotatable bonds is 2. The van der Waals surface area contributed by atoms with Crippen molar-refractivity contribution in [2.45, 2.75) is 45.5 Å². The molecule has 0 saturated carbocycles. The van der Waals surface area contributed by atoms with Crippen LogP contribution in [0.3, 0.4) is 0 Å². The molecule has 0 amide bonds. The summed E-state index contributed by atoms with van der Waals surface area (Å²) in [4.78, 5) is 0. The van der Waals surface area contributed by atoms with E-state index >= 15 is 0 Å². The average molecular weight is 170 g/mol. The minimum atomic E-state index is -1.17. The Hall–Kier alpha value is -0.263. The highest BCUT2D eigenvalue weighted by atomic mass is 28.3. The maximum absolute atomic E-state index is 8.93. The molecule has 1 atom stereocenters. The van der Waals surface area contributed by atoms with Gasteiger partial charge in [-0.2, -0.15) is 0 Å². The van der Waals surface area contributed by atoms with Gasteiger partial charge >= 0.3 is 0 Å². The molecule has 0 bridgehead atoms. The highest BCUT2D eigenvalue weighted by Crippen LogP contribution is 1.98. The molecule has 0 radical (unpaired) electrons. The van der Waals surface area contributed by atoms with E-state index in [4.69, 9.17) is 5.11 Å². The fraction of sp³-hybridized carbons (Fsp3) is 0.778. The van der Waals surface area contributed by atoms with Crippen molar-refractivity contribution in [3.05, 3.63) is 0 Å². The fourth-order valence-corrected chi connectivity index (χ4v) is 1.26. The lowest BCUT2D eigenvalue weighted by atomic mass is 10.2. The Morgan fingerprint density at radius 1 is 1.36 bits per heavy atom. The van der Waals surface area contributed by atoms with Gasteiger partial charge in [-0.15, -0.1) is 11.5 Å². The molecule has 1 N–H and O–H groups in total. The Bertz CT molecular complexity index is 157. The Balaban J connectivity index is 3.57. The van der Waals surface area contributed by atoms with E-state index in [0.29, 0.717) is 0 Å². The van der Waals surface area contributed by atoms with E-state index in [-0.39, 0.29) is 6.10 Å². The van der Waals surface area contributed by atoms with Gasteiger partial charge in [0.25, 0.3) is 0 Å². The molecule has 1 unspecified atom stereocenters. The number of hydrogen-bond acceptors (Lipinski definition) is 1. The summed E-state index contributed by atoms with van der Waals surface area (Å²) < 4.78 is 0. The summed E-state index contributed by atoms with van der Waals surface area (Å²) in [6, 6.07) is 0. The predicted molar refractivity (Wildman–Crippen MR) is 52.0 cm³/mol. The van der Waals surface area contributed by atoms with Crippen LogP contribution in [0.5, 0.6) is 0 Å². The van der Waals surface area contributed by atoms with Crippen molar-refractivity contribution < 1.29 is 5.11 Å². The van der Waals surface area contributed by atoms with Gasteiger partial charge in [-0.05, 0) is 13.3 Å². The first kappa shape index (κ1) is 10.7. The summed E-state index contributed by atoms with van der Waals surface area (Å²) in [5.74, 6) is 3.11. The first-order valence-corrected chi connectivity index (χ1v) is 7.60. The molecule has 0 aliphatic heterocycles. The van der Waals surface area contributed by atoms with E-state index in [2.05, 4.69) is 31.1 Å². The van der Waals surface area contributed by atoms with Crippen LogP contribution < -0.4 is 0 Å². The van der Waals surface area contributed by atoms with Crippen LogP contribution in [0.15, 0.2) is 0 Å². The van der Waals surface area contributed by atoms with E-state index in [9.17, 15) is 0 Å². The minimum absolute atomic E-state index is 0.203. The van der Waals surface area contributed by atoms with E-state index in [0.717, 1.165) is 12.8 Å². The zero-order chi connectivity index (χ0) is 8.91. The zero-order valence-electron chi connectivity index (χ0n) is 7.94. The molecular formula is C9H18OSi. The summed E-state index contributed by atoms with van der Waals surface area (Å²) >= 11 is 0. The molecule has 0 aromatic carbocycles. The second-order valence-corrected chi connectivity index (χ2v) is 8.69. The zero-order valence-corrected chi connectivity index (χ0v) is 8.94. The molecule has 0 aliphatic carbocycles. The third kappa shape index (κ3) is 9.74. The second kappa shape index (κ2) is 4.58. The van der Waals surface area contributed by atoms with Crippen LogP contribution >= 0.6 is 0 Å². The summed E-state index contributed by atoms with van der Waals surface area (Å²) in [6.45, 7) is 8.48. The molecule has 0 fully saturated rings.